The number of halogens is 1. The molecular weight excluding hydrogens is 317 g/mol. The molecule has 114 valence electrons. The van der Waals surface area contributed by atoms with Crippen LogP contribution >= 0.6 is 23.4 Å². The average Bonchev–Trinajstić information content (AvgIpc) is 2.88. The van der Waals surface area contributed by atoms with Gasteiger partial charge in [0, 0.05) is 18.5 Å². The van der Waals surface area contributed by atoms with Crippen LogP contribution in [0, 0.1) is 0 Å². The molecule has 0 atom stereocenters. The van der Waals surface area contributed by atoms with E-state index in [0.717, 1.165) is 11.4 Å². The zero-order valence-corrected chi connectivity index (χ0v) is 14.6. The topological polar surface area (TPSA) is 51.0 Å². The summed E-state index contributed by atoms with van der Waals surface area (Å²) in [5.41, 5.74) is 1.38. The third kappa shape index (κ3) is 3.50. The third-order valence-corrected chi connectivity index (χ3v) is 4.59. The molecule has 0 spiro atoms. The van der Waals surface area contributed by atoms with E-state index >= 15 is 0 Å². The lowest BCUT2D eigenvalue weighted by atomic mass is 9.55. The monoisotopic (exact) mass is 334 g/mol. The van der Waals surface area contributed by atoms with Crippen molar-refractivity contribution in [3.8, 4) is 5.69 Å². The molecule has 2 rings (SSSR count). The number of thioether (sulfide) groups is 1. The number of amides is 1. The van der Waals surface area contributed by atoms with Crippen LogP contribution in [0.3, 0.4) is 0 Å². The Morgan fingerprint density at radius 3 is 2.86 bits per heavy atom. The summed E-state index contributed by atoms with van der Waals surface area (Å²) in [6.07, 6.45) is 7.11. The summed E-state index contributed by atoms with van der Waals surface area (Å²) in [5.74, 6) is 0.749. The lowest BCUT2D eigenvalue weighted by Gasteiger charge is -2.28. The van der Waals surface area contributed by atoms with Crippen molar-refractivity contribution in [1.29, 1.82) is 0 Å². The van der Waals surface area contributed by atoms with E-state index < -0.39 is 5.21 Å². The maximum Gasteiger partial charge on any atom is 0.218 e. The molecule has 0 N–H and O–H groups in total. The first-order valence-electron chi connectivity index (χ1n) is 6.79. The summed E-state index contributed by atoms with van der Waals surface area (Å²) in [4.78, 5) is 18.3. The number of carbonyl (C=O) groups excluding carboxylic acids is 1. The van der Waals surface area contributed by atoms with Crippen LogP contribution in [0.25, 0.3) is 5.69 Å². The van der Waals surface area contributed by atoms with E-state index in [4.69, 9.17) is 11.6 Å². The number of carbonyl (C=O) groups is 1. The molecule has 22 heavy (non-hydrogen) atoms. The minimum absolute atomic E-state index is 0.00878. The first-order valence-corrected chi connectivity index (χ1v) is 8.56. The fraction of sp³-hybridized carbons (Fsp3) is 0.308. The maximum atomic E-state index is 12.7. The number of hydrogen-bond acceptors (Lipinski definition) is 4. The lowest BCUT2D eigenvalue weighted by Crippen LogP contribution is -2.39. The molecule has 9 heteroatoms. The van der Waals surface area contributed by atoms with Gasteiger partial charge in [0.15, 0.2) is 5.15 Å². The van der Waals surface area contributed by atoms with Gasteiger partial charge in [-0.1, -0.05) is 11.6 Å². The van der Waals surface area contributed by atoms with Crippen LogP contribution in [-0.2, 0) is 4.79 Å². The molecule has 0 radical (unpaired) electrons. The molecule has 0 saturated carbocycles. The summed E-state index contributed by atoms with van der Waals surface area (Å²) >= 11 is 7.86. The van der Waals surface area contributed by atoms with Crippen LogP contribution in [-0.4, -0.2) is 55.4 Å². The summed E-state index contributed by atoms with van der Waals surface area (Å²) in [6, 6.07) is 3.70. The van der Waals surface area contributed by atoms with Crippen molar-refractivity contribution in [2.45, 2.75) is 5.21 Å². The number of hydrogen-bond donors (Lipinski definition) is 0. The molecule has 0 bridgehead atoms. The molecule has 0 unspecified atom stereocenters. The Kier molecular flexibility index (Phi) is 5.24. The van der Waals surface area contributed by atoms with Gasteiger partial charge in [0.1, 0.15) is 21.4 Å². The number of pyridine rings is 1. The molecule has 0 aliphatic rings. The van der Waals surface area contributed by atoms with Crippen molar-refractivity contribution in [3.05, 3.63) is 35.9 Å². The number of aromatic nitrogens is 3. The molecule has 1 amide bonds. The van der Waals surface area contributed by atoms with Gasteiger partial charge in [0.2, 0.25) is 5.91 Å². The van der Waals surface area contributed by atoms with Gasteiger partial charge in [0.05, 0.1) is 18.1 Å². The van der Waals surface area contributed by atoms with E-state index in [2.05, 4.69) is 10.1 Å². The molecule has 0 aromatic carbocycles. The van der Waals surface area contributed by atoms with Crippen LogP contribution in [0.15, 0.2) is 30.7 Å². The van der Waals surface area contributed by atoms with E-state index in [9.17, 15) is 4.79 Å². The standard InChI is InChI=1S/C13H17B2ClN4OS/c1-19(12(21)13(14,15)8-22-2)10-7-20(18-11(10)16)9-4-3-5-17-6-9/h3-7H,8,14-15H2,1-2H3. The highest BCUT2D eigenvalue weighted by atomic mass is 35.5. The largest absolute Gasteiger partial charge is 0.312 e. The Morgan fingerprint density at radius 1 is 1.55 bits per heavy atom. The minimum Gasteiger partial charge on any atom is -0.312 e. The Balaban J connectivity index is 2.30. The van der Waals surface area contributed by atoms with Crippen molar-refractivity contribution >= 4 is 50.6 Å². The first kappa shape index (κ1) is 17.0. The molecular formula is C13H17B2ClN4OS. The van der Waals surface area contributed by atoms with Gasteiger partial charge in [-0.05, 0) is 24.1 Å². The second-order valence-electron chi connectivity index (χ2n) is 5.64. The van der Waals surface area contributed by atoms with Gasteiger partial charge >= 0.3 is 0 Å². The van der Waals surface area contributed by atoms with E-state index in [1.165, 1.54) is 0 Å². The molecule has 0 saturated heterocycles. The summed E-state index contributed by atoms with van der Waals surface area (Å²) in [5, 5.41) is 4.08. The second kappa shape index (κ2) is 6.79. The number of rotatable bonds is 5. The SMILES string of the molecule is BC(B)(CSC)C(=O)N(C)c1cn(-c2cccnc2)nc1Cl. The highest BCUT2D eigenvalue weighted by Gasteiger charge is 2.32. The van der Waals surface area contributed by atoms with Crippen molar-refractivity contribution < 1.29 is 4.79 Å². The lowest BCUT2D eigenvalue weighted by molar-refractivity contribution is -0.118. The molecule has 2 heterocycles. The van der Waals surface area contributed by atoms with Crippen molar-refractivity contribution in [2.75, 3.05) is 24.0 Å². The van der Waals surface area contributed by atoms with Crippen molar-refractivity contribution in [1.82, 2.24) is 14.8 Å². The summed E-state index contributed by atoms with van der Waals surface area (Å²) in [6.45, 7) is 0. The average molecular weight is 334 g/mol. The number of nitrogens with zero attached hydrogens (tertiary/aromatic N) is 4. The highest BCUT2D eigenvalue weighted by molar-refractivity contribution is 7.98. The smallest absolute Gasteiger partial charge is 0.218 e. The van der Waals surface area contributed by atoms with Crippen molar-refractivity contribution in [2.24, 2.45) is 0 Å². The molecule has 0 aliphatic carbocycles. The Hall–Kier alpha value is -1.40. The van der Waals surface area contributed by atoms with Crippen LogP contribution < -0.4 is 4.90 Å². The predicted molar refractivity (Wildman–Crippen MR) is 97.9 cm³/mol. The van der Waals surface area contributed by atoms with Crippen LogP contribution in [0.1, 0.15) is 0 Å². The van der Waals surface area contributed by atoms with Gasteiger partial charge in [-0.2, -0.15) is 16.9 Å². The van der Waals surface area contributed by atoms with Gasteiger partial charge in [-0.15, -0.1) is 0 Å². The third-order valence-electron chi connectivity index (χ3n) is 3.31. The molecule has 0 aliphatic heterocycles. The molecule has 2 aromatic heterocycles. The van der Waals surface area contributed by atoms with Gasteiger partial charge in [-0.3, -0.25) is 9.78 Å². The highest BCUT2D eigenvalue weighted by Crippen LogP contribution is 2.30. The van der Waals surface area contributed by atoms with E-state index in [0.29, 0.717) is 10.8 Å². The summed E-state index contributed by atoms with van der Waals surface area (Å²) in [7, 11) is 5.59. The Labute approximate surface area is 141 Å². The van der Waals surface area contributed by atoms with Crippen LogP contribution in [0.2, 0.25) is 10.4 Å². The quantitative estimate of drug-likeness (QED) is 0.753. The summed E-state index contributed by atoms with van der Waals surface area (Å²) < 4.78 is 1.62. The van der Waals surface area contributed by atoms with E-state index in [1.807, 2.05) is 34.1 Å². The Morgan fingerprint density at radius 2 is 2.27 bits per heavy atom. The van der Waals surface area contributed by atoms with Crippen LogP contribution in [0.4, 0.5) is 5.69 Å². The van der Waals surface area contributed by atoms with E-state index in [-0.39, 0.29) is 5.91 Å². The first-order chi connectivity index (χ1) is 10.4. The van der Waals surface area contributed by atoms with Gasteiger partial charge in [0.25, 0.3) is 0 Å². The normalized spacial score (nSPS) is 11.4. The molecule has 0 fully saturated rings. The van der Waals surface area contributed by atoms with Crippen LogP contribution in [0.5, 0.6) is 0 Å². The zero-order chi connectivity index (χ0) is 16.3. The van der Waals surface area contributed by atoms with Crippen molar-refractivity contribution in [3.63, 3.8) is 0 Å². The fourth-order valence-corrected chi connectivity index (χ4v) is 3.28. The van der Waals surface area contributed by atoms with E-state index in [1.54, 1.807) is 47.0 Å². The number of anilines is 1. The Bertz CT molecular complexity index is 665. The van der Waals surface area contributed by atoms with Gasteiger partial charge < -0.3 is 4.90 Å². The molecule has 2 aromatic rings. The van der Waals surface area contributed by atoms with Gasteiger partial charge in [-0.25, -0.2) is 4.68 Å². The minimum atomic E-state index is -0.464. The zero-order valence-electron chi connectivity index (χ0n) is 13.1. The molecule has 5 nitrogen and oxygen atoms in total. The fourth-order valence-electron chi connectivity index (χ4n) is 2.18. The second-order valence-corrected chi connectivity index (χ2v) is 6.87. The maximum absolute atomic E-state index is 12.7. The predicted octanol–water partition coefficient (Wildman–Crippen LogP) is 0.629.